The number of carbonyl (C=O) groups is 2. The van der Waals surface area contributed by atoms with Crippen molar-refractivity contribution in [1.82, 2.24) is 4.57 Å². The smallest absolute Gasteiger partial charge is 0.268 e. The largest absolute Gasteiger partial charge is 0.497 e. The standard InChI is InChI=1S/C29H28N4O5/c1-18(34)19-4-8-21(9-5-19)38-22-10-6-20(7-11-22)25-13-14-26(33(25)17-28(35)32-29(30)31)24-16-23(36-2)12-15-27(24)37-3/h4-16H,17H2,1-3H3,(H4,30,31,32,35). The van der Waals surface area contributed by atoms with E-state index >= 15 is 0 Å². The third-order valence-corrected chi connectivity index (χ3v) is 5.86. The molecule has 0 radical (unpaired) electrons. The summed E-state index contributed by atoms with van der Waals surface area (Å²) in [5, 5.41) is 0. The first-order valence-corrected chi connectivity index (χ1v) is 11.7. The van der Waals surface area contributed by atoms with E-state index in [-0.39, 0.29) is 18.3 Å². The number of benzene rings is 3. The van der Waals surface area contributed by atoms with E-state index in [0.29, 0.717) is 28.6 Å². The number of aromatic nitrogens is 1. The fraction of sp³-hybridized carbons (Fsp3) is 0.138. The molecule has 1 heterocycles. The number of ether oxygens (including phenoxy) is 3. The van der Waals surface area contributed by atoms with Gasteiger partial charge in [-0.05, 0) is 91.3 Å². The summed E-state index contributed by atoms with van der Waals surface area (Å²) in [6.07, 6.45) is 0. The molecule has 0 aliphatic carbocycles. The highest BCUT2D eigenvalue weighted by molar-refractivity contribution is 5.94. The second-order valence-corrected chi connectivity index (χ2v) is 8.39. The highest BCUT2D eigenvalue weighted by Gasteiger charge is 2.18. The van der Waals surface area contributed by atoms with E-state index in [0.717, 1.165) is 22.5 Å². The van der Waals surface area contributed by atoms with E-state index in [4.69, 9.17) is 25.7 Å². The van der Waals surface area contributed by atoms with Crippen molar-refractivity contribution in [3.8, 4) is 45.5 Å². The van der Waals surface area contributed by atoms with Crippen molar-refractivity contribution in [2.75, 3.05) is 14.2 Å². The monoisotopic (exact) mass is 512 g/mol. The lowest BCUT2D eigenvalue weighted by atomic mass is 10.1. The third-order valence-electron chi connectivity index (χ3n) is 5.86. The number of nitrogens with zero attached hydrogens (tertiary/aromatic N) is 2. The van der Waals surface area contributed by atoms with E-state index in [2.05, 4.69) is 4.99 Å². The molecule has 0 saturated heterocycles. The molecule has 0 aliphatic rings. The predicted octanol–water partition coefficient (Wildman–Crippen LogP) is 4.63. The molecule has 194 valence electrons. The Morgan fingerprint density at radius 2 is 1.39 bits per heavy atom. The third kappa shape index (κ3) is 5.84. The molecule has 0 spiro atoms. The Morgan fingerprint density at radius 3 is 1.97 bits per heavy atom. The molecule has 9 nitrogen and oxygen atoms in total. The van der Waals surface area contributed by atoms with Gasteiger partial charge in [-0.1, -0.05) is 0 Å². The van der Waals surface area contributed by atoms with E-state index < -0.39 is 5.91 Å². The molecule has 4 aromatic rings. The molecule has 1 aromatic heterocycles. The highest BCUT2D eigenvalue weighted by atomic mass is 16.5. The van der Waals surface area contributed by atoms with Gasteiger partial charge in [0, 0.05) is 16.8 Å². The van der Waals surface area contributed by atoms with Crippen LogP contribution in [0.2, 0.25) is 0 Å². The molecular weight excluding hydrogens is 484 g/mol. The minimum absolute atomic E-state index is 0.00633. The van der Waals surface area contributed by atoms with Gasteiger partial charge in [0.05, 0.1) is 19.9 Å². The number of aliphatic imine (C=N–C) groups is 1. The summed E-state index contributed by atoms with van der Waals surface area (Å²) in [6.45, 7) is 1.42. The van der Waals surface area contributed by atoms with E-state index in [1.54, 1.807) is 50.6 Å². The van der Waals surface area contributed by atoms with Gasteiger partial charge in [-0.2, -0.15) is 4.99 Å². The molecule has 0 atom stereocenters. The first-order valence-electron chi connectivity index (χ1n) is 11.7. The van der Waals surface area contributed by atoms with Crippen molar-refractivity contribution >= 4 is 17.6 Å². The molecule has 0 fully saturated rings. The van der Waals surface area contributed by atoms with Crippen LogP contribution in [0.15, 0.2) is 83.9 Å². The van der Waals surface area contributed by atoms with Crippen molar-refractivity contribution in [2.24, 2.45) is 16.5 Å². The number of rotatable bonds is 9. The topological polar surface area (TPSA) is 131 Å². The van der Waals surface area contributed by atoms with Crippen LogP contribution in [0.3, 0.4) is 0 Å². The summed E-state index contributed by atoms with van der Waals surface area (Å²) in [5.41, 5.74) is 14.6. The fourth-order valence-corrected chi connectivity index (χ4v) is 4.04. The maximum atomic E-state index is 12.6. The number of guanidine groups is 1. The van der Waals surface area contributed by atoms with Crippen molar-refractivity contribution in [3.63, 3.8) is 0 Å². The van der Waals surface area contributed by atoms with Gasteiger partial charge in [-0.3, -0.25) is 9.59 Å². The predicted molar refractivity (Wildman–Crippen MR) is 146 cm³/mol. The van der Waals surface area contributed by atoms with E-state index in [9.17, 15) is 9.59 Å². The van der Waals surface area contributed by atoms with Crippen LogP contribution in [0.25, 0.3) is 22.5 Å². The van der Waals surface area contributed by atoms with Crippen LogP contribution in [0, 0.1) is 0 Å². The molecular formula is C29H28N4O5. The molecule has 1 amide bonds. The van der Waals surface area contributed by atoms with E-state index in [1.165, 1.54) is 6.92 Å². The number of hydrogen-bond donors (Lipinski definition) is 2. The Bertz CT molecular complexity index is 1480. The maximum absolute atomic E-state index is 12.6. The summed E-state index contributed by atoms with van der Waals surface area (Å²) in [5.74, 6) is 1.68. The fourth-order valence-electron chi connectivity index (χ4n) is 4.04. The summed E-state index contributed by atoms with van der Waals surface area (Å²) < 4.78 is 18.7. The van der Waals surface area contributed by atoms with Crippen molar-refractivity contribution in [2.45, 2.75) is 13.5 Å². The van der Waals surface area contributed by atoms with Gasteiger partial charge < -0.3 is 30.2 Å². The Kier molecular flexibility index (Phi) is 7.77. The highest BCUT2D eigenvalue weighted by Crippen LogP contribution is 2.37. The lowest BCUT2D eigenvalue weighted by Crippen LogP contribution is -2.25. The average Bonchev–Trinajstić information content (AvgIpc) is 3.31. The number of carbonyl (C=O) groups excluding carboxylic acids is 2. The number of hydrogen-bond acceptors (Lipinski definition) is 5. The Labute approximate surface area is 220 Å². The molecule has 0 saturated carbocycles. The summed E-state index contributed by atoms with van der Waals surface area (Å²) >= 11 is 0. The van der Waals surface area contributed by atoms with Crippen LogP contribution in [0.1, 0.15) is 17.3 Å². The molecule has 0 aliphatic heterocycles. The van der Waals surface area contributed by atoms with Crippen LogP contribution in [0.4, 0.5) is 0 Å². The van der Waals surface area contributed by atoms with Gasteiger partial charge in [0.2, 0.25) is 0 Å². The maximum Gasteiger partial charge on any atom is 0.268 e. The minimum Gasteiger partial charge on any atom is -0.497 e. The van der Waals surface area contributed by atoms with Crippen molar-refractivity contribution in [3.05, 3.63) is 84.4 Å². The number of methoxy groups -OCH3 is 2. The summed E-state index contributed by atoms with van der Waals surface area (Å²) in [7, 11) is 3.16. The minimum atomic E-state index is -0.500. The number of nitrogens with two attached hydrogens (primary N) is 2. The summed E-state index contributed by atoms with van der Waals surface area (Å²) in [6, 6.07) is 23.6. The zero-order valence-electron chi connectivity index (χ0n) is 21.3. The number of amides is 1. The van der Waals surface area contributed by atoms with Gasteiger partial charge in [-0.25, -0.2) is 0 Å². The Hall–Kier alpha value is -5.05. The molecule has 4 rings (SSSR count). The number of ketones is 1. The lowest BCUT2D eigenvalue weighted by Gasteiger charge is -2.16. The average molecular weight is 513 g/mol. The van der Waals surface area contributed by atoms with Gasteiger partial charge in [0.1, 0.15) is 29.5 Å². The SMILES string of the molecule is COc1ccc(OC)c(-c2ccc(-c3ccc(Oc4ccc(C(C)=O)cc4)cc3)n2CC(=O)N=C(N)N)c1. The second-order valence-electron chi connectivity index (χ2n) is 8.39. The van der Waals surface area contributed by atoms with Gasteiger partial charge in [-0.15, -0.1) is 0 Å². The van der Waals surface area contributed by atoms with Crippen LogP contribution in [0.5, 0.6) is 23.0 Å². The first kappa shape index (κ1) is 26.0. The van der Waals surface area contributed by atoms with E-state index in [1.807, 2.05) is 47.0 Å². The Balaban J connectivity index is 1.70. The molecule has 4 N–H and O–H groups in total. The second kappa shape index (κ2) is 11.3. The Morgan fingerprint density at radius 1 is 0.789 bits per heavy atom. The van der Waals surface area contributed by atoms with Gasteiger partial charge in [0.25, 0.3) is 5.91 Å². The van der Waals surface area contributed by atoms with Crippen molar-refractivity contribution < 1.29 is 23.8 Å². The van der Waals surface area contributed by atoms with Crippen LogP contribution in [-0.4, -0.2) is 36.4 Å². The lowest BCUT2D eigenvalue weighted by molar-refractivity contribution is -0.118. The van der Waals surface area contributed by atoms with Gasteiger partial charge >= 0.3 is 0 Å². The zero-order chi connectivity index (χ0) is 27.2. The molecule has 0 bridgehead atoms. The molecule has 3 aromatic carbocycles. The quantitative estimate of drug-likeness (QED) is 0.190. The van der Waals surface area contributed by atoms with Crippen LogP contribution < -0.4 is 25.7 Å². The number of Topliss-reactive ketones (excluding diaryl/α,β-unsaturated/α-hetero) is 1. The molecule has 0 unspecified atom stereocenters. The first-order chi connectivity index (χ1) is 18.3. The normalized spacial score (nSPS) is 10.5. The molecule has 38 heavy (non-hydrogen) atoms. The van der Waals surface area contributed by atoms with Crippen molar-refractivity contribution in [1.29, 1.82) is 0 Å². The zero-order valence-corrected chi connectivity index (χ0v) is 21.3. The van der Waals surface area contributed by atoms with Gasteiger partial charge in [0.15, 0.2) is 11.7 Å². The van der Waals surface area contributed by atoms with Crippen LogP contribution >= 0.6 is 0 Å². The molecule has 9 heteroatoms. The van der Waals surface area contributed by atoms with Crippen LogP contribution in [-0.2, 0) is 11.3 Å². The summed E-state index contributed by atoms with van der Waals surface area (Å²) in [4.78, 5) is 27.8.